The van der Waals surface area contributed by atoms with E-state index in [4.69, 9.17) is 0 Å². The topological polar surface area (TPSA) is 3.24 Å². The lowest BCUT2D eigenvalue weighted by Gasteiger charge is -2.26. The molecule has 0 aromatic heterocycles. The van der Waals surface area contributed by atoms with Crippen molar-refractivity contribution in [3.8, 4) is 0 Å². The van der Waals surface area contributed by atoms with E-state index in [0.717, 1.165) is 25.3 Å². The van der Waals surface area contributed by atoms with E-state index >= 15 is 0 Å². The van der Waals surface area contributed by atoms with Crippen molar-refractivity contribution in [3.05, 3.63) is 47.5 Å². The van der Waals surface area contributed by atoms with Gasteiger partial charge in [-0.05, 0) is 24.2 Å². The smallest absolute Gasteiger partial charge is 0.0237 e. The summed E-state index contributed by atoms with van der Waals surface area (Å²) in [6.07, 6.45) is 4.75. The summed E-state index contributed by atoms with van der Waals surface area (Å²) in [6, 6.07) is 10.7. The van der Waals surface area contributed by atoms with Crippen molar-refractivity contribution >= 4 is 12.6 Å². The van der Waals surface area contributed by atoms with E-state index in [2.05, 4.69) is 53.9 Å². The molecule has 0 bridgehead atoms. The first-order valence-corrected chi connectivity index (χ1v) is 6.57. The van der Waals surface area contributed by atoms with Crippen molar-refractivity contribution in [2.45, 2.75) is 19.4 Å². The van der Waals surface area contributed by atoms with Crippen LogP contribution in [0.5, 0.6) is 0 Å². The van der Waals surface area contributed by atoms with Crippen molar-refractivity contribution in [3.63, 3.8) is 0 Å². The minimum Gasteiger partial charge on any atom is -0.295 e. The van der Waals surface area contributed by atoms with Gasteiger partial charge in [-0.2, -0.15) is 12.6 Å². The van der Waals surface area contributed by atoms with Crippen molar-refractivity contribution < 1.29 is 0 Å². The lowest BCUT2D eigenvalue weighted by molar-refractivity contribution is 0.284. The second kappa shape index (κ2) is 6.12. The van der Waals surface area contributed by atoms with Gasteiger partial charge in [-0.1, -0.05) is 42.0 Å². The normalized spacial score (nSPS) is 17.2. The highest BCUT2D eigenvalue weighted by Crippen LogP contribution is 2.16. The van der Waals surface area contributed by atoms with E-state index in [9.17, 15) is 0 Å². The molecule has 2 heteroatoms. The Balaban J connectivity index is 1.86. The maximum absolute atomic E-state index is 4.28. The molecule has 1 aliphatic rings. The van der Waals surface area contributed by atoms with Crippen LogP contribution < -0.4 is 0 Å². The van der Waals surface area contributed by atoms with Crippen LogP contribution in [0.1, 0.15) is 18.4 Å². The fraction of sp³-hybridized carbons (Fsp3) is 0.429. The van der Waals surface area contributed by atoms with Gasteiger partial charge in [0.05, 0.1) is 0 Å². The van der Waals surface area contributed by atoms with Gasteiger partial charge in [0.15, 0.2) is 0 Å². The van der Waals surface area contributed by atoms with Crippen LogP contribution in [0.3, 0.4) is 0 Å². The Kier molecular flexibility index (Phi) is 4.49. The highest BCUT2D eigenvalue weighted by Gasteiger charge is 2.10. The Labute approximate surface area is 104 Å². The van der Waals surface area contributed by atoms with Crippen LogP contribution in [0, 0.1) is 0 Å². The summed E-state index contributed by atoms with van der Waals surface area (Å²) in [6.45, 7) is 3.36. The number of benzene rings is 1. The van der Waals surface area contributed by atoms with E-state index in [0.29, 0.717) is 0 Å². The second-order valence-electron chi connectivity index (χ2n) is 4.31. The van der Waals surface area contributed by atoms with E-state index in [1.807, 2.05) is 0 Å². The third-order valence-corrected chi connectivity index (χ3v) is 3.29. The summed E-state index contributed by atoms with van der Waals surface area (Å²) in [7, 11) is 0. The maximum atomic E-state index is 4.28. The molecule has 1 aromatic rings. The quantitative estimate of drug-likeness (QED) is 0.617. The maximum Gasteiger partial charge on any atom is 0.0237 e. The monoisotopic (exact) mass is 233 g/mol. The summed E-state index contributed by atoms with van der Waals surface area (Å²) >= 11 is 4.28. The molecule has 2 rings (SSSR count). The Hall–Kier alpha value is -0.730. The number of nitrogens with zero attached hydrogens (tertiary/aromatic N) is 1. The molecule has 0 saturated carbocycles. The van der Waals surface area contributed by atoms with Gasteiger partial charge < -0.3 is 0 Å². The molecule has 0 amide bonds. The summed E-state index contributed by atoms with van der Waals surface area (Å²) in [4.78, 5) is 2.50. The van der Waals surface area contributed by atoms with E-state index < -0.39 is 0 Å². The molecule has 0 N–H and O–H groups in total. The zero-order valence-corrected chi connectivity index (χ0v) is 10.5. The number of hydrogen-bond donors (Lipinski definition) is 1. The number of rotatable bonds is 4. The van der Waals surface area contributed by atoms with Gasteiger partial charge >= 0.3 is 0 Å². The predicted octanol–water partition coefficient (Wildman–Crippen LogP) is 3.14. The highest BCUT2D eigenvalue weighted by atomic mass is 32.1. The number of hydrogen-bond acceptors (Lipinski definition) is 2. The highest BCUT2D eigenvalue weighted by molar-refractivity contribution is 7.80. The van der Waals surface area contributed by atoms with Gasteiger partial charge in [-0.25, -0.2) is 0 Å². The molecule has 86 valence electrons. The van der Waals surface area contributed by atoms with Gasteiger partial charge in [0, 0.05) is 19.6 Å². The average Bonchev–Trinajstić information content (AvgIpc) is 2.33. The summed E-state index contributed by atoms with van der Waals surface area (Å²) in [5.41, 5.74) is 2.99. The molecule has 0 spiro atoms. The Bertz CT molecular complexity index is 345. The minimum absolute atomic E-state index is 0.977. The van der Waals surface area contributed by atoms with Gasteiger partial charge in [-0.15, -0.1) is 0 Å². The van der Waals surface area contributed by atoms with Crippen LogP contribution in [0.2, 0.25) is 0 Å². The molecule has 16 heavy (non-hydrogen) atoms. The number of thiol groups is 1. The molecule has 1 aliphatic heterocycles. The summed E-state index contributed by atoms with van der Waals surface area (Å²) in [5.74, 6) is 0.977. The van der Waals surface area contributed by atoms with E-state index in [1.165, 1.54) is 18.5 Å². The molecule has 1 heterocycles. The van der Waals surface area contributed by atoms with E-state index in [-0.39, 0.29) is 0 Å². The first-order valence-electron chi connectivity index (χ1n) is 5.93. The van der Waals surface area contributed by atoms with Crippen molar-refractivity contribution in [1.29, 1.82) is 0 Å². The molecule has 0 radical (unpaired) electrons. The molecular weight excluding hydrogens is 214 g/mol. The average molecular weight is 233 g/mol. The SMILES string of the molecule is SCCC1=CCN(Cc2ccccc2)CC1. The standard InChI is InChI=1S/C14H19NS/c16-11-8-13-6-9-15(10-7-13)12-14-4-2-1-3-5-14/h1-6,16H,7-12H2. The molecule has 0 fully saturated rings. The molecule has 0 unspecified atom stereocenters. The van der Waals surface area contributed by atoms with Crippen LogP contribution in [0.25, 0.3) is 0 Å². The molecule has 0 aliphatic carbocycles. The Morgan fingerprint density at radius 3 is 2.62 bits per heavy atom. The molecular formula is C14H19NS. The predicted molar refractivity (Wildman–Crippen MR) is 72.9 cm³/mol. The van der Waals surface area contributed by atoms with Crippen LogP contribution >= 0.6 is 12.6 Å². The van der Waals surface area contributed by atoms with Gasteiger partial charge in [0.25, 0.3) is 0 Å². The molecule has 1 nitrogen and oxygen atoms in total. The molecule has 0 atom stereocenters. The largest absolute Gasteiger partial charge is 0.295 e. The second-order valence-corrected chi connectivity index (χ2v) is 4.75. The van der Waals surface area contributed by atoms with Crippen LogP contribution in [0.15, 0.2) is 42.0 Å². The fourth-order valence-corrected chi connectivity index (χ4v) is 2.40. The lowest BCUT2D eigenvalue weighted by atomic mass is 10.1. The third-order valence-electron chi connectivity index (χ3n) is 3.07. The zero-order chi connectivity index (χ0) is 11.2. The first kappa shape index (κ1) is 11.7. The zero-order valence-electron chi connectivity index (χ0n) is 9.60. The van der Waals surface area contributed by atoms with Gasteiger partial charge in [0.2, 0.25) is 0 Å². The van der Waals surface area contributed by atoms with Gasteiger partial charge in [-0.3, -0.25) is 4.90 Å². The van der Waals surface area contributed by atoms with Crippen LogP contribution in [-0.4, -0.2) is 23.7 Å². The van der Waals surface area contributed by atoms with Crippen molar-refractivity contribution in [2.24, 2.45) is 0 Å². The van der Waals surface area contributed by atoms with Crippen LogP contribution in [0.4, 0.5) is 0 Å². The Morgan fingerprint density at radius 2 is 2.00 bits per heavy atom. The molecule has 1 aromatic carbocycles. The van der Waals surface area contributed by atoms with E-state index in [1.54, 1.807) is 5.57 Å². The minimum atomic E-state index is 0.977. The fourth-order valence-electron chi connectivity index (χ4n) is 2.11. The van der Waals surface area contributed by atoms with Crippen molar-refractivity contribution in [2.75, 3.05) is 18.8 Å². The summed E-state index contributed by atoms with van der Waals surface area (Å²) in [5, 5.41) is 0. The summed E-state index contributed by atoms with van der Waals surface area (Å²) < 4.78 is 0. The Morgan fingerprint density at radius 1 is 1.19 bits per heavy atom. The van der Waals surface area contributed by atoms with Crippen molar-refractivity contribution in [1.82, 2.24) is 4.90 Å². The third kappa shape index (κ3) is 3.39. The van der Waals surface area contributed by atoms with Gasteiger partial charge in [0.1, 0.15) is 0 Å². The molecule has 0 saturated heterocycles. The van der Waals surface area contributed by atoms with Crippen LogP contribution in [-0.2, 0) is 6.54 Å². The first-order chi connectivity index (χ1) is 7.88. The lowest BCUT2D eigenvalue weighted by Crippen LogP contribution is -2.28.